The number of hydrogen-bond donors (Lipinski definition) is 2. The Morgan fingerprint density at radius 2 is 1.97 bits per heavy atom. The molecule has 9 heteroatoms. The molecular weight excluding hydrogens is 474 g/mol. The van der Waals surface area contributed by atoms with E-state index in [9.17, 15) is 9.59 Å². The molecule has 0 aliphatic heterocycles. The van der Waals surface area contributed by atoms with Crippen LogP contribution in [0.1, 0.15) is 29.9 Å². The summed E-state index contributed by atoms with van der Waals surface area (Å²) < 4.78 is 6.51. The van der Waals surface area contributed by atoms with Gasteiger partial charge in [-0.3, -0.25) is 9.59 Å². The van der Waals surface area contributed by atoms with Crippen LogP contribution >= 0.6 is 34.4 Å². The first-order valence-electron chi connectivity index (χ1n) is 10.5. The molecule has 2 N–H and O–H groups in total. The molecule has 0 aliphatic rings. The average molecular weight is 498 g/mol. The lowest BCUT2D eigenvalue weighted by atomic mass is 10.3. The van der Waals surface area contributed by atoms with E-state index in [0.717, 1.165) is 20.9 Å². The van der Waals surface area contributed by atoms with Gasteiger partial charge < -0.3 is 15.4 Å². The van der Waals surface area contributed by atoms with Gasteiger partial charge in [-0.05, 0) is 61.2 Å². The van der Waals surface area contributed by atoms with E-state index in [2.05, 4.69) is 15.6 Å². The topological polar surface area (TPSA) is 80.3 Å². The second kappa shape index (κ2) is 10.8. The van der Waals surface area contributed by atoms with Gasteiger partial charge in [0.25, 0.3) is 5.91 Å². The van der Waals surface area contributed by atoms with Crippen LogP contribution in [0.4, 0.5) is 10.8 Å². The molecular formula is C24H23N3O3S3. The summed E-state index contributed by atoms with van der Waals surface area (Å²) in [5.74, 6) is 0.555. The van der Waals surface area contributed by atoms with Crippen molar-refractivity contribution in [3.8, 4) is 5.75 Å². The molecule has 2 aromatic carbocycles. The van der Waals surface area contributed by atoms with Crippen LogP contribution in [0.25, 0.3) is 10.2 Å². The lowest BCUT2D eigenvalue weighted by Crippen LogP contribution is -2.24. The number of carbonyl (C=O) groups excluding carboxylic acids is 2. The first-order chi connectivity index (χ1) is 16.1. The highest BCUT2D eigenvalue weighted by atomic mass is 32.2. The molecule has 4 aromatic rings. The quantitative estimate of drug-likeness (QED) is 0.257. The van der Waals surface area contributed by atoms with E-state index >= 15 is 0 Å². The number of hydrogen-bond acceptors (Lipinski definition) is 7. The van der Waals surface area contributed by atoms with Crippen molar-refractivity contribution in [1.29, 1.82) is 0 Å². The van der Waals surface area contributed by atoms with Crippen LogP contribution in [0, 0.1) is 0 Å². The van der Waals surface area contributed by atoms with Gasteiger partial charge in [-0.2, -0.15) is 0 Å². The number of thiophene rings is 1. The highest BCUT2D eigenvalue weighted by Gasteiger charge is 2.20. The molecule has 0 bridgehead atoms. The molecule has 1 atom stereocenters. The third kappa shape index (κ3) is 5.93. The number of ether oxygens (including phenoxy) is 1. The number of thiazole rings is 1. The van der Waals surface area contributed by atoms with Gasteiger partial charge in [-0.15, -0.1) is 23.1 Å². The highest BCUT2D eigenvalue weighted by Crippen LogP contribution is 2.32. The number of thioether (sulfide) groups is 1. The summed E-state index contributed by atoms with van der Waals surface area (Å²) in [5.41, 5.74) is 1.53. The summed E-state index contributed by atoms with van der Waals surface area (Å²) in [7, 11) is 0. The van der Waals surface area contributed by atoms with Crippen LogP contribution in [-0.4, -0.2) is 28.7 Å². The molecule has 2 amide bonds. The molecule has 6 nitrogen and oxygen atoms in total. The van der Waals surface area contributed by atoms with Crippen LogP contribution in [0.2, 0.25) is 0 Å². The van der Waals surface area contributed by atoms with Crippen LogP contribution in [0.15, 0.2) is 64.9 Å². The van der Waals surface area contributed by atoms with Gasteiger partial charge in [-0.25, -0.2) is 4.98 Å². The van der Waals surface area contributed by atoms with Gasteiger partial charge in [0.2, 0.25) is 5.91 Å². The maximum absolute atomic E-state index is 13.0. The minimum atomic E-state index is -0.292. The molecule has 0 aliphatic carbocycles. The minimum Gasteiger partial charge on any atom is -0.494 e. The smallest absolute Gasteiger partial charge is 0.265 e. The molecule has 0 fully saturated rings. The summed E-state index contributed by atoms with van der Waals surface area (Å²) in [6.45, 7) is 4.52. The van der Waals surface area contributed by atoms with Crippen LogP contribution in [0.3, 0.4) is 0 Å². The molecule has 0 radical (unpaired) electrons. The number of amides is 2. The second-order valence-corrected chi connectivity index (χ2v) is 10.3. The molecule has 2 aromatic heterocycles. The Balaban J connectivity index is 1.41. The van der Waals surface area contributed by atoms with Crippen molar-refractivity contribution in [1.82, 2.24) is 4.98 Å². The monoisotopic (exact) mass is 497 g/mol. The van der Waals surface area contributed by atoms with Crippen molar-refractivity contribution in [3.63, 3.8) is 0 Å². The van der Waals surface area contributed by atoms with Crippen molar-refractivity contribution >= 4 is 67.3 Å². The molecule has 0 saturated heterocycles. The van der Waals surface area contributed by atoms with Crippen LogP contribution in [0.5, 0.6) is 5.75 Å². The predicted molar refractivity (Wildman–Crippen MR) is 138 cm³/mol. The summed E-state index contributed by atoms with van der Waals surface area (Å²) in [6, 6.07) is 16.9. The first kappa shape index (κ1) is 23.3. The third-order valence-electron chi connectivity index (χ3n) is 4.68. The number of benzene rings is 2. The van der Waals surface area contributed by atoms with Crippen molar-refractivity contribution in [2.75, 3.05) is 17.2 Å². The van der Waals surface area contributed by atoms with Crippen LogP contribution in [-0.2, 0) is 4.79 Å². The van der Waals surface area contributed by atoms with E-state index in [0.29, 0.717) is 28.7 Å². The number of aromatic nitrogens is 1. The van der Waals surface area contributed by atoms with Gasteiger partial charge in [0.05, 0.1) is 27.0 Å². The molecule has 170 valence electrons. The Labute approximate surface area is 204 Å². The fourth-order valence-electron chi connectivity index (χ4n) is 3.13. The Bertz CT molecular complexity index is 1250. The van der Waals surface area contributed by atoms with E-state index in [1.165, 1.54) is 34.4 Å². The van der Waals surface area contributed by atoms with Gasteiger partial charge >= 0.3 is 0 Å². The van der Waals surface area contributed by atoms with Crippen molar-refractivity contribution < 1.29 is 14.3 Å². The molecule has 1 unspecified atom stereocenters. The van der Waals surface area contributed by atoms with E-state index in [-0.39, 0.29) is 17.1 Å². The fourth-order valence-corrected chi connectivity index (χ4v) is 5.66. The first-order valence-corrected chi connectivity index (χ1v) is 13.1. The maximum atomic E-state index is 13.0. The SMILES string of the molecule is CCOc1ccc2nc(NC(=O)C(CC)Sc3cccc(NC(=O)c4cccs4)c3)sc2c1. The summed E-state index contributed by atoms with van der Waals surface area (Å²) in [4.78, 5) is 31.4. The number of anilines is 2. The fraction of sp³-hybridized carbons (Fsp3) is 0.208. The van der Waals surface area contributed by atoms with Gasteiger partial charge in [-0.1, -0.05) is 30.4 Å². The van der Waals surface area contributed by atoms with Crippen molar-refractivity contribution in [2.24, 2.45) is 0 Å². The molecule has 4 rings (SSSR count). The zero-order valence-corrected chi connectivity index (χ0v) is 20.6. The average Bonchev–Trinajstić information content (AvgIpc) is 3.47. The van der Waals surface area contributed by atoms with E-state index < -0.39 is 0 Å². The van der Waals surface area contributed by atoms with Crippen molar-refractivity contribution in [3.05, 3.63) is 64.9 Å². The zero-order chi connectivity index (χ0) is 23.2. The Morgan fingerprint density at radius 1 is 1.09 bits per heavy atom. The molecule has 0 spiro atoms. The lowest BCUT2D eigenvalue weighted by Gasteiger charge is -2.14. The zero-order valence-electron chi connectivity index (χ0n) is 18.2. The Hall–Kier alpha value is -2.88. The number of nitrogens with one attached hydrogen (secondary N) is 2. The number of nitrogens with zero attached hydrogens (tertiary/aromatic N) is 1. The maximum Gasteiger partial charge on any atom is 0.265 e. The summed E-state index contributed by atoms with van der Waals surface area (Å²) in [6.07, 6.45) is 0.654. The molecule has 33 heavy (non-hydrogen) atoms. The second-order valence-electron chi connectivity index (χ2n) is 7.04. The van der Waals surface area contributed by atoms with Gasteiger partial charge in [0, 0.05) is 10.6 Å². The van der Waals surface area contributed by atoms with Crippen LogP contribution < -0.4 is 15.4 Å². The Morgan fingerprint density at radius 3 is 2.73 bits per heavy atom. The summed E-state index contributed by atoms with van der Waals surface area (Å²) >= 11 is 4.29. The van der Waals surface area contributed by atoms with Crippen molar-refractivity contribution in [2.45, 2.75) is 30.4 Å². The number of fused-ring (bicyclic) bond motifs is 1. The van der Waals surface area contributed by atoms with E-state index in [1.807, 2.05) is 67.8 Å². The third-order valence-corrected chi connectivity index (χ3v) is 7.84. The predicted octanol–water partition coefficient (Wildman–Crippen LogP) is 6.52. The lowest BCUT2D eigenvalue weighted by molar-refractivity contribution is -0.115. The van der Waals surface area contributed by atoms with Gasteiger partial charge in [0.1, 0.15) is 5.75 Å². The standard InChI is InChI=1S/C24H23N3O3S3/c1-3-19(22(28)27-24-26-18-11-10-16(30-4-2)14-21(18)33-24)32-17-8-5-7-15(13-17)25-23(29)20-9-6-12-31-20/h5-14,19H,3-4H2,1-2H3,(H,25,29)(H,26,27,28). The largest absolute Gasteiger partial charge is 0.494 e. The molecule has 2 heterocycles. The molecule has 0 saturated carbocycles. The number of rotatable bonds is 9. The minimum absolute atomic E-state index is 0.0976. The summed E-state index contributed by atoms with van der Waals surface area (Å²) in [5, 5.41) is 8.02. The van der Waals surface area contributed by atoms with E-state index in [4.69, 9.17) is 4.74 Å². The highest BCUT2D eigenvalue weighted by molar-refractivity contribution is 8.00. The normalized spacial score (nSPS) is 11.8. The van der Waals surface area contributed by atoms with E-state index in [1.54, 1.807) is 6.07 Å². The Kier molecular flexibility index (Phi) is 7.64. The van der Waals surface area contributed by atoms with Gasteiger partial charge in [0.15, 0.2) is 5.13 Å². The number of carbonyl (C=O) groups is 2.